The number of nitrogens with one attached hydrogen (secondary N) is 3. The fraction of sp³-hybridized carbons (Fsp3) is 0.857. The van der Waals surface area contributed by atoms with Crippen LogP contribution in [0, 0.1) is 5.92 Å². The molecule has 0 aromatic heterocycles. The Morgan fingerprint density at radius 2 is 1.59 bits per heavy atom. The summed E-state index contributed by atoms with van der Waals surface area (Å²) in [5, 5.41) is 8.19. The van der Waals surface area contributed by atoms with Crippen molar-refractivity contribution >= 4 is 28.2 Å². The molecule has 2 saturated heterocycles. The molecule has 10 nitrogen and oxygen atoms in total. The average Bonchev–Trinajstić information content (AvgIpc) is 3.39. The number of carbonyl (C=O) groups excluding carboxylic acids is 3. The van der Waals surface area contributed by atoms with Crippen molar-refractivity contribution in [2.45, 2.75) is 76.0 Å². The number of fused-ring (bicyclic) bond motifs is 1. The molecule has 184 valence electrons. The molecular weight excluding hydrogens is 434 g/mol. The van der Waals surface area contributed by atoms with Crippen LogP contribution in [0.4, 0.5) is 0 Å². The van der Waals surface area contributed by atoms with Crippen molar-refractivity contribution in [1.82, 2.24) is 25.2 Å². The van der Waals surface area contributed by atoms with Crippen LogP contribution in [0.15, 0.2) is 0 Å². The second-order valence-corrected chi connectivity index (χ2v) is 10.9. The normalized spacial score (nSPS) is 25.8. The van der Waals surface area contributed by atoms with Gasteiger partial charge in [-0.25, -0.2) is 8.42 Å². The molecule has 32 heavy (non-hydrogen) atoms. The van der Waals surface area contributed by atoms with Crippen molar-refractivity contribution in [2.75, 3.05) is 33.4 Å². The molecule has 2 aliphatic heterocycles. The first-order valence-electron chi connectivity index (χ1n) is 11.5. The van der Waals surface area contributed by atoms with Gasteiger partial charge in [0.2, 0.25) is 28.2 Å². The number of nitrogens with zero attached hydrogens (tertiary/aromatic N) is 2. The molecule has 0 aromatic carbocycles. The van der Waals surface area contributed by atoms with E-state index in [0.717, 1.165) is 25.7 Å². The highest BCUT2D eigenvalue weighted by Gasteiger charge is 2.49. The van der Waals surface area contributed by atoms with Crippen LogP contribution in [0.25, 0.3) is 0 Å². The van der Waals surface area contributed by atoms with Crippen molar-refractivity contribution in [3.63, 3.8) is 0 Å². The van der Waals surface area contributed by atoms with E-state index in [1.54, 1.807) is 25.3 Å². The minimum Gasteiger partial charge on any atom is -0.362 e. The summed E-state index contributed by atoms with van der Waals surface area (Å²) in [7, 11) is 0.0269. The quantitative estimate of drug-likeness (QED) is 0.434. The van der Waals surface area contributed by atoms with Gasteiger partial charge in [-0.3, -0.25) is 14.4 Å². The fourth-order valence-electron chi connectivity index (χ4n) is 5.07. The number of hydrogen-bond acceptors (Lipinski definition) is 6. The Hall–Kier alpha value is -1.72. The fourth-order valence-corrected chi connectivity index (χ4v) is 6.24. The van der Waals surface area contributed by atoms with E-state index in [1.165, 1.54) is 12.7 Å². The number of carbonyl (C=O) groups is 3. The molecule has 0 radical (unpaired) electrons. The zero-order chi connectivity index (χ0) is 23.9. The third kappa shape index (κ3) is 6.41. The lowest BCUT2D eigenvalue weighted by Crippen LogP contribution is -2.56. The summed E-state index contributed by atoms with van der Waals surface area (Å²) in [4.78, 5) is 36.9. The first-order valence-corrected chi connectivity index (χ1v) is 13.4. The summed E-state index contributed by atoms with van der Waals surface area (Å²) >= 11 is 0. The molecule has 0 bridgehead atoms. The van der Waals surface area contributed by atoms with Crippen molar-refractivity contribution in [1.29, 1.82) is 0 Å². The second-order valence-electron chi connectivity index (χ2n) is 8.92. The Balaban J connectivity index is 0.000000837. The van der Waals surface area contributed by atoms with Gasteiger partial charge in [-0.15, -0.1) is 0 Å². The van der Waals surface area contributed by atoms with E-state index in [1.807, 2.05) is 4.90 Å². The Labute approximate surface area is 191 Å². The van der Waals surface area contributed by atoms with Gasteiger partial charge in [0.05, 0.1) is 12.3 Å². The maximum atomic E-state index is 13.5. The third-order valence-electron chi connectivity index (χ3n) is 6.86. The van der Waals surface area contributed by atoms with Gasteiger partial charge in [0.25, 0.3) is 0 Å². The SMILES string of the molecule is CNC=O.CN[C@@H](C)C(=O)NC(C(=O)N1CCC2C1CCN2S(C)(=O)=O)C1CCCCC1. The topological polar surface area (TPSA) is 128 Å². The minimum atomic E-state index is -3.26. The summed E-state index contributed by atoms with van der Waals surface area (Å²) in [5.74, 6) is -0.0431. The monoisotopic (exact) mass is 473 g/mol. The molecule has 3 aliphatic rings. The van der Waals surface area contributed by atoms with Crippen LogP contribution in [0.5, 0.6) is 0 Å². The first kappa shape index (κ1) is 26.5. The van der Waals surface area contributed by atoms with E-state index in [2.05, 4.69) is 16.0 Å². The van der Waals surface area contributed by atoms with E-state index < -0.39 is 16.1 Å². The summed E-state index contributed by atoms with van der Waals surface area (Å²) in [6.07, 6.45) is 8.44. The molecule has 3 rings (SSSR count). The number of amides is 3. The largest absolute Gasteiger partial charge is 0.362 e. The predicted octanol–water partition coefficient (Wildman–Crippen LogP) is -0.344. The molecule has 0 aromatic rings. The Morgan fingerprint density at radius 3 is 2.12 bits per heavy atom. The van der Waals surface area contributed by atoms with Crippen LogP contribution >= 0.6 is 0 Å². The molecule has 1 aliphatic carbocycles. The highest BCUT2D eigenvalue weighted by molar-refractivity contribution is 7.88. The standard InChI is InChI=1S/C19H34N4O4S.C2H5NO/c1-13(20-2)18(24)21-17(14-7-5-4-6-8-14)19(25)22-11-9-16-15(22)10-12-23(16)28(3,26)27;1-3-2-4/h13-17,20H,4-12H2,1-3H3,(H,21,24);2H,1H3,(H,3,4)/t13-,15?,16?,17?;/m0./s1. The third-order valence-corrected chi connectivity index (χ3v) is 8.17. The van der Waals surface area contributed by atoms with Gasteiger partial charge in [-0.05, 0) is 45.6 Å². The Bertz CT molecular complexity index is 756. The minimum absolute atomic E-state index is 0.0357. The van der Waals surface area contributed by atoms with E-state index in [4.69, 9.17) is 4.79 Å². The predicted molar refractivity (Wildman–Crippen MR) is 122 cm³/mol. The van der Waals surface area contributed by atoms with Gasteiger partial charge in [0.1, 0.15) is 6.04 Å². The number of rotatable bonds is 7. The van der Waals surface area contributed by atoms with Gasteiger partial charge >= 0.3 is 0 Å². The molecule has 2 heterocycles. The molecule has 0 spiro atoms. The summed E-state index contributed by atoms with van der Waals surface area (Å²) < 4.78 is 25.6. The van der Waals surface area contributed by atoms with Crippen LogP contribution in [0.3, 0.4) is 0 Å². The molecule has 1 saturated carbocycles. The molecule has 3 amide bonds. The summed E-state index contributed by atoms with van der Waals surface area (Å²) in [6, 6.07) is -1.09. The number of likely N-dealkylation sites (tertiary alicyclic amines) is 1. The van der Waals surface area contributed by atoms with Crippen LogP contribution in [-0.4, -0.2) is 93.5 Å². The lowest BCUT2D eigenvalue weighted by atomic mass is 9.83. The maximum Gasteiger partial charge on any atom is 0.245 e. The number of likely N-dealkylation sites (N-methyl/N-ethyl adjacent to an activating group) is 1. The molecule has 3 unspecified atom stereocenters. The Kier molecular flexibility index (Phi) is 9.90. The van der Waals surface area contributed by atoms with E-state index in [9.17, 15) is 18.0 Å². The van der Waals surface area contributed by atoms with Crippen molar-refractivity contribution in [3.8, 4) is 0 Å². The smallest absolute Gasteiger partial charge is 0.245 e. The van der Waals surface area contributed by atoms with Crippen LogP contribution in [0.2, 0.25) is 0 Å². The van der Waals surface area contributed by atoms with E-state index in [0.29, 0.717) is 32.3 Å². The zero-order valence-corrected chi connectivity index (χ0v) is 20.5. The first-order chi connectivity index (χ1) is 15.1. The van der Waals surface area contributed by atoms with Crippen molar-refractivity contribution in [3.05, 3.63) is 0 Å². The molecule has 3 fully saturated rings. The highest BCUT2D eigenvalue weighted by Crippen LogP contribution is 2.35. The van der Waals surface area contributed by atoms with Crippen molar-refractivity contribution in [2.24, 2.45) is 5.92 Å². The number of hydrogen-bond donors (Lipinski definition) is 3. The highest BCUT2D eigenvalue weighted by atomic mass is 32.2. The maximum absolute atomic E-state index is 13.5. The van der Waals surface area contributed by atoms with Crippen LogP contribution in [-0.2, 0) is 24.4 Å². The van der Waals surface area contributed by atoms with Crippen LogP contribution in [0.1, 0.15) is 51.9 Å². The van der Waals surface area contributed by atoms with Gasteiger partial charge in [-0.1, -0.05) is 19.3 Å². The van der Waals surface area contributed by atoms with Crippen molar-refractivity contribution < 1.29 is 22.8 Å². The molecular formula is C21H39N5O5S. The average molecular weight is 474 g/mol. The Morgan fingerprint density at radius 1 is 1.00 bits per heavy atom. The van der Waals surface area contributed by atoms with Gasteiger partial charge in [-0.2, -0.15) is 4.31 Å². The van der Waals surface area contributed by atoms with E-state index >= 15 is 0 Å². The number of sulfonamides is 1. The van der Waals surface area contributed by atoms with Crippen LogP contribution < -0.4 is 16.0 Å². The lowest BCUT2D eigenvalue weighted by Gasteiger charge is -2.35. The van der Waals surface area contributed by atoms with Gasteiger partial charge in [0.15, 0.2) is 0 Å². The zero-order valence-electron chi connectivity index (χ0n) is 19.7. The van der Waals surface area contributed by atoms with Gasteiger partial charge in [0, 0.05) is 32.2 Å². The van der Waals surface area contributed by atoms with E-state index in [-0.39, 0.29) is 35.9 Å². The summed E-state index contributed by atoms with van der Waals surface area (Å²) in [6.45, 7) is 2.81. The molecule has 11 heteroatoms. The molecule has 4 atom stereocenters. The summed E-state index contributed by atoms with van der Waals surface area (Å²) in [5.41, 5.74) is 0. The molecule has 3 N–H and O–H groups in total. The second kappa shape index (κ2) is 11.9. The lowest BCUT2D eigenvalue weighted by molar-refractivity contribution is -0.139. The van der Waals surface area contributed by atoms with Gasteiger partial charge < -0.3 is 20.9 Å².